The number of aromatic nitrogens is 2. The number of rotatable bonds is 3. The first-order valence-electron chi connectivity index (χ1n) is 4.23. The molecule has 0 saturated heterocycles. The van der Waals surface area contributed by atoms with Gasteiger partial charge in [0.1, 0.15) is 0 Å². The van der Waals surface area contributed by atoms with Crippen molar-refractivity contribution in [1.29, 1.82) is 0 Å². The highest BCUT2D eigenvalue weighted by Gasteiger charge is 2.08. The van der Waals surface area contributed by atoms with Crippen molar-refractivity contribution in [2.75, 3.05) is 0 Å². The van der Waals surface area contributed by atoms with E-state index in [2.05, 4.69) is 24.0 Å². The van der Waals surface area contributed by atoms with Crippen LogP contribution in [0.3, 0.4) is 0 Å². The molecular formula is C9H15N3. The predicted molar refractivity (Wildman–Crippen MR) is 48.4 cm³/mol. The molecule has 0 aliphatic carbocycles. The molecule has 3 nitrogen and oxygen atoms in total. The summed E-state index contributed by atoms with van der Waals surface area (Å²) in [5.74, 6) is 0.599. The number of hydrogen-bond donors (Lipinski definition) is 1. The monoisotopic (exact) mass is 165 g/mol. The molecule has 0 unspecified atom stereocenters. The van der Waals surface area contributed by atoms with Crippen LogP contribution in [0, 0.1) is 5.92 Å². The summed E-state index contributed by atoms with van der Waals surface area (Å²) in [6, 6.07) is 3.81. The largest absolute Gasteiger partial charge is 0.323 e. The van der Waals surface area contributed by atoms with Gasteiger partial charge in [0.05, 0.1) is 5.69 Å². The summed E-state index contributed by atoms with van der Waals surface area (Å²) in [6.07, 6.45) is 2.62. The first kappa shape index (κ1) is 9.13. The standard InChI is InChI=1S/C9H15N3/c1-7(2)6-8(10)9-4-3-5-11-12-9/h3-5,7-8H,6,10H2,1-2H3/t8-/m0/s1. The van der Waals surface area contributed by atoms with Crippen molar-refractivity contribution in [3.8, 4) is 0 Å². The average molecular weight is 165 g/mol. The lowest BCUT2D eigenvalue weighted by Gasteiger charge is -2.11. The summed E-state index contributed by atoms with van der Waals surface area (Å²) in [7, 11) is 0. The second-order valence-electron chi connectivity index (χ2n) is 3.38. The van der Waals surface area contributed by atoms with E-state index < -0.39 is 0 Å². The predicted octanol–water partition coefficient (Wildman–Crippen LogP) is 1.52. The molecule has 0 aromatic carbocycles. The van der Waals surface area contributed by atoms with Crippen LogP contribution in [0.25, 0.3) is 0 Å². The van der Waals surface area contributed by atoms with Crippen LogP contribution < -0.4 is 5.73 Å². The fourth-order valence-corrected chi connectivity index (χ4v) is 1.14. The van der Waals surface area contributed by atoms with E-state index in [1.54, 1.807) is 6.20 Å². The van der Waals surface area contributed by atoms with Gasteiger partial charge in [0.25, 0.3) is 0 Å². The van der Waals surface area contributed by atoms with Gasteiger partial charge >= 0.3 is 0 Å². The smallest absolute Gasteiger partial charge is 0.0798 e. The molecule has 0 aliphatic rings. The van der Waals surface area contributed by atoms with Crippen LogP contribution in [-0.2, 0) is 0 Å². The van der Waals surface area contributed by atoms with Gasteiger partial charge in [-0.25, -0.2) is 0 Å². The molecule has 0 saturated carbocycles. The molecular weight excluding hydrogens is 150 g/mol. The molecule has 66 valence electrons. The van der Waals surface area contributed by atoms with E-state index in [1.807, 2.05) is 12.1 Å². The van der Waals surface area contributed by atoms with Gasteiger partial charge in [-0.05, 0) is 24.5 Å². The van der Waals surface area contributed by atoms with Crippen molar-refractivity contribution in [3.63, 3.8) is 0 Å². The zero-order valence-corrected chi connectivity index (χ0v) is 7.57. The molecule has 1 aromatic heterocycles. The maximum absolute atomic E-state index is 5.89. The maximum Gasteiger partial charge on any atom is 0.0798 e. The second kappa shape index (κ2) is 4.16. The summed E-state index contributed by atoms with van der Waals surface area (Å²) in [5, 5.41) is 7.74. The summed E-state index contributed by atoms with van der Waals surface area (Å²) < 4.78 is 0. The minimum absolute atomic E-state index is 0.0266. The topological polar surface area (TPSA) is 51.8 Å². The second-order valence-corrected chi connectivity index (χ2v) is 3.38. The minimum atomic E-state index is 0.0266. The highest BCUT2D eigenvalue weighted by atomic mass is 15.1. The van der Waals surface area contributed by atoms with Crippen LogP contribution in [0.4, 0.5) is 0 Å². The average Bonchev–Trinajstić information content (AvgIpc) is 2.05. The van der Waals surface area contributed by atoms with Gasteiger partial charge in [-0.15, -0.1) is 0 Å². The highest BCUT2D eigenvalue weighted by Crippen LogP contribution is 2.15. The SMILES string of the molecule is CC(C)C[C@H](N)c1cccnn1. The van der Waals surface area contributed by atoms with Crippen LogP contribution in [0.5, 0.6) is 0 Å². The fraction of sp³-hybridized carbons (Fsp3) is 0.556. The summed E-state index contributed by atoms with van der Waals surface area (Å²) in [6.45, 7) is 4.30. The van der Waals surface area contributed by atoms with E-state index in [9.17, 15) is 0 Å². The highest BCUT2D eigenvalue weighted by molar-refractivity contribution is 5.04. The van der Waals surface area contributed by atoms with Crippen LogP contribution >= 0.6 is 0 Å². The summed E-state index contributed by atoms with van der Waals surface area (Å²) >= 11 is 0. The van der Waals surface area contributed by atoms with Crippen LogP contribution in [0.2, 0.25) is 0 Å². The number of nitrogens with zero attached hydrogens (tertiary/aromatic N) is 2. The Balaban J connectivity index is 2.59. The van der Waals surface area contributed by atoms with Crippen molar-refractivity contribution < 1.29 is 0 Å². The summed E-state index contributed by atoms with van der Waals surface area (Å²) in [4.78, 5) is 0. The molecule has 0 radical (unpaired) electrons. The minimum Gasteiger partial charge on any atom is -0.323 e. The van der Waals surface area contributed by atoms with Crippen molar-refractivity contribution in [2.45, 2.75) is 26.3 Å². The Bertz CT molecular complexity index is 220. The molecule has 0 aliphatic heterocycles. The van der Waals surface area contributed by atoms with E-state index in [-0.39, 0.29) is 6.04 Å². The van der Waals surface area contributed by atoms with E-state index in [1.165, 1.54) is 0 Å². The Hall–Kier alpha value is -0.960. The zero-order valence-electron chi connectivity index (χ0n) is 7.57. The fourth-order valence-electron chi connectivity index (χ4n) is 1.14. The Labute approximate surface area is 73.0 Å². The van der Waals surface area contributed by atoms with E-state index in [4.69, 9.17) is 5.73 Å². The van der Waals surface area contributed by atoms with Gasteiger partial charge in [-0.2, -0.15) is 10.2 Å². The molecule has 12 heavy (non-hydrogen) atoms. The third-order valence-electron chi connectivity index (χ3n) is 1.70. The third kappa shape index (κ3) is 2.58. The van der Waals surface area contributed by atoms with Gasteiger partial charge in [-0.3, -0.25) is 0 Å². The molecule has 0 bridgehead atoms. The number of nitrogens with two attached hydrogens (primary N) is 1. The normalized spacial score (nSPS) is 13.3. The Morgan fingerprint density at radius 3 is 2.75 bits per heavy atom. The van der Waals surface area contributed by atoms with Gasteiger partial charge in [-0.1, -0.05) is 13.8 Å². The van der Waals surface area contributed by atoms with Crippen molar-refractivity contribution in [3.05, 3.63) is 24.0 Å². The lowest BCUT2D eigenvalue weighted by molar-refractivity contribution is 0.499. The zero-order chi connectivity index (χ0) is 8.97. The van der Waals surface area contributed by atoms with Crippen LogP contribution in [-0.4, -0.2) is 10.2 Å². The van der Waals surface area contributed by atoms with Crippen LogP contribution in [0.1, 0.15) is 32.0 Å². The molecule has 1 heterocycles. The third-order valence-corrected chi connectivity index (χ3v) is 1.70. The Kier molecular flexibility index (Phi) is 3.17. The first-order valence-corrected chi connectivity index (χ1v) is 4.23. The van der Waals surface area contributed by atoms with Crippen molar-refractivity contribution >= 4 is 0 Å². The van der Waals surface area contributed by atoms with Crippen molar-refractivity contribution in [2.24, 2.45) is 11.7 Å². The van der Waals surface area contributed by atoms with E-state index in [0.29, 0.717) is 5.92 Å². The van der Waals surface area contributed by atoms with Gasteiger partial charge in [0.2, 0.25) is 0 Å². The first-order chi connectivity index (χ1) is 5.70. The lowest BCUT2D eigenvalue weighted by Crippen LogP contribution is -2.14. The Morgan fingerprint density at radius 2 is 2.25 bits per heavy atom. The molecule has 0 spiro atoms. The Morgan fingerprint density at radius 1 is 1.50 bits per heavy atom. The molecule has 1 aromatic rings. The van der Waals surface area contributed by atoms with Crippen molar-refractivity contribution in [1.82, 2.24) is 10.2 Å². The molecule has 1 rings (SSSR count). The van der Waals surface area contributed by atoms with Gasteiger partial charge in [0.15, 0.2) is 0 Å². The molecule has 0 fully saturated rings. The van der Waals surface area contributed by atoms with E-state index in [0.717, 1.165) is 12.1 Å². The van der Waals surface area contributed by atoms with Crippen LogP contribution in [0.15, 0.2) is 18.3 Å². The number of hydrogen-bond acceptors (Lipinski definition) is 3. The molecule has 1 atom stereocenters. The van der Waals surface area contributed by atoms with Gasteiger partial charge < -0.3 is 5.73 Å². The maximum atomic E-state index is 5.89. The summed E-state index contributed by atoms with van der Waals surface area (Å²) in [5.41, 5.74) is 6.77. The van der Waals surface area contributed by atoms with E-state index >= 15 is 0 Å². The molecule has 0 amide bonds. The molecule has 3 heteroatoms. The lowest BCUT2D eigenvalue weighted by atomic mass is 10.0. The van der Waals surface area contributed by atoms with Gasteiger partial charge in [0, 0.05) is 12.2 Å². The molecule has 2 N–H and O–H groups in total. The quantitative estimate of drug-likeness (QED) is 0.738.